The van der Waals surface area contributed by atoms with Gasteiger partial charge in [0.05, 0.1) is 0 Å². The number of rotatable bonds is 4. The molecule has 0 N–H and O–H groups in total. The van der Waals surface area contributed by atoms with Crippen molar-refractivity contribution < 1.29 is 22.9 Å². The van der Waals surface area contributed by atoms with Crippen molar-refractivity contribution in [1.82, 2.24) is 0 Å². The van der Waals surface area contributed by atoms with Crippen LogP contribution in [-0.2, 0) is 23.9 Å². The fourth-order valence-corrected chi connectivity index (χ4v) is 6.34. The summed E-state index contributed by atoms with van der Waals surface area (Å²) in [7, 11) is 0. The normalized spacial score (nSPS) is 14.2. The molecule has 0 saturated carbocycles. The molecule has 1 aliphatic heterocycles. The van der Waals surface area contributed by atoms with E-state index in [4.69, 9.17) is 9.47 Å². The first-order valence-electron chi connectivity index (χ1n) is 5.92. The Morgan fingerprint density at radius 1 is 1.05 bits per heavy atom. The second kappa shape index (κ2) is 5.94. The SMILES string of the molecule is CCOC(=O)c1sc(C(=O)OCC)c2c1C[Se](=O)C2. The molecule has 0 aliphatic carbocycles. The minimum absolute atomic E-state index is 0.275. The molecule has 0 bridgehead atoms. The Morgan fingerprint density at radius 3 is 1.84 bits per heavy atom. The summed E-state index contributed by atoms with van der Waals surface area (Å²) in [5.41, 5.74) is 1.46. The molecule has 1 aliphatic rings. The first-order chi connectivity index (χ1) is 9.08. The Hall–Kier alpha value is -1.04. The predicted octanol–water partition coefficient (Wildman–Crippen LogP) is 1.70. The van der Waals surface area contributed by atoms with E-state index in [1.807, 2.05) is 0 Å². The maximum atomic E-state index is 11.9. The van der Waals surface area contributed by atoms with Crippen LogP contribution in [0.2, 0.25) is 0 Å². The average Bonchev–Trinajstić information content (AvgIpc) is 2.86. The molecule has 0 saturated heterocycles. The van der Waals surface area contributed by atoms with Crippen molar-refractivity contribution in [1.29, 1.82) is 0 Å². The predicted molar refractivity (Wildman–Crippen MR) is 70.1 cm³/mol. The minimum atomic E-state index is -1.99. The van der Waals surface area contributed by atoms with E-state index in [1.165, 1.54) is 0 Å². The van der Waals surface area contributed by atoms with Crippen molar-refractivity contribution in [3.8, 4) is 0 Å². The first kappa shape index (κ1) is 14.4. The van der Waals surface area contributed by atoms with Crippen molar-refractivity contribution >= 4 is 37.1 Å². The number of carbonyl (C=O) groups excluding carboxylic acids is 2. The Morgan fingerprint density at radius 2 is 1.47 bits per heavy atom. The third-order valence-electron chi connectivity index (χ3n) is 2.65. The topological polar surface area (TPSA) is 69.7 Å². The number of fused-ring (bicyclic) bond motifs is 1. The van der Waals surface area contributed by atoms with Gasteiger partial charge in [-0.15, -0.1) is 0 Å². The van der Waals surface area contributed by atoms with Crippen molar-refractivity contribution in [3.63, 3.8) is 0 Å². The number of hydrogen-bond acceptors (Lipinski definition) is 6. The molecule has 7 heteroatoms. The summed E-state index contributed by atoms with van der Waals surface area (Å²) >= 11 is -0.900. The van der Waals surface area contributed by atoms with Crippen LogP contribution < -0.4 is 0 Å². The molecule has 0 unspecified atom stereocenters. The summed E-state index contributed by atoms with van der Waals surface area (Å²) < 4.78 is 21.7. The van der Waals surface area contributed by atoms with E-state index in [9.17, 15) is 13.4 Å². The van der Waals surface area contributed by atoms with Crippen LogP contribution in [0.15, 0.2) is 0 Å². The summed E-state index contributed by atoms with van der Waals surface area (Å²) in [5.74, 6) is -0.889. The Kier molecular flexibility index (Phi) is 4.50. The molecule has 19 heavy (non-hydrogen) atoms. The van der Waals surface area contributed by atoms with Crippen molar-refractivity contribution in [2.24, 2.45) is 0 Å². The van der Waals surface area contributed by atoms with Gasteiger partial charge in [-0.2, -0.15) is 0 Å². The summed E-state index contributed by atoms with van der Waals surface area (Å²) in [5, 5.41) is 0.804. The van der Waals surface area contributed by atoms with Crippen LogP contribution in [0.1, 0.15) is 44.3 Å². The zero-order valence-corrected chi connectivity index (χ0v) is 13.2. The van der Waals surface area contributed by atoms with Gasteiger partial charge in [0.25, 0.3) is 0 Å². The fraction of sp³-hybridized carbons (Fsp3) is 0.500. The molecule has 1 aromatic heterocycles. The molecule has 0 spiro atoms. The van der Waals surface area contributed by atoms with Gasteiger partial charge in [-0.1, -0.05) is 0 Å². The standard InChI is InChI=1S/C12H14O5SSe/c1-3-16-11(13)9-7-5-19(15)6-8(7)10(18-9)12(14)17-4-2/h3-6H2,1-2H3. The van der Waals surface area contributed by atoms with Crippen LogP contribution in [0, 0.1) is 0 Å². The summed E-state index contributed by atoms with van der Waals surface area (Å²) in [4.78, 5) is 24.5. The zero-order valence-electron chi connectivity index (χ0n) is 10.7. The van der Waals surface area contributed by atoms with Crippen LogP contribution in [0.4, 0.5) is 0 Å². The van der Waals surface area contributed by atoms with E-state index >= 15 is 0 Å². The number of ether oxygens (including phenoxy) is 2. The van der Waals surface area contributed by atoms with Crippen molar-refractivity contribution in [3.05, 3.63) is 20.9 Å². The molecular formula is C12H14O5SSe. The fourth-order valence-electron chi connectivity index (χ4n) is 1.90. The summed E-state index contributed by atoms with van der Waals surface area (Å²) in [6.45, 7) is 4.00. The Balaban J connectivity index is 2.41. The van der Waals surface area contributed by atoms with Crippen molar-refractivity contribution in [2.75, 3.05) is 13.2 Å². The van der Waals surface area contributed by atoms with Gasteiger partial charge in [-0.25, -0.2) is 0 Å². The quantitative estimate of drug-likeness (QED) is 0.611. The summed E-state index contributed by atoms with van der Waals surface area (Å²) in [6, 6.07) is 0. The third-order valence-corrected chi connectivity index (χ3v) is 6.45. The number of hydrogen-bond donors (Lipinski definition) is 0. The molecule has 104 valence electrons. The van der Waals surface area contributed by atoms with Gasteiger partial charge >= 0.3 is 119 Å². The van der Waals surface area contributed by atoms with Gasteiger partial charge in [-0.3, -0.25) is 0 Å². The number of esters is 2. The van der Waals surface area contributed by atoms with E-state index < -0.39 is 25.8 Å². The molecule has 0 fully saturated rings. The van der Waals surface area contributed by atoms with Crippen LogP contribution in [0.5, 0.6) is 0 Å². The van der Waals surface area contributed by atoms with E-state index in [2.05, 4.69) is 0 Å². The molecular weight excluding hydrogens is 335 g/mol. The first-order valence-corrected chi connectivity index (χ1v) is 9.86. The Bertz CT molecular complexity index is 504. The van der Waals surface area contributed by atoms with Gasteiger partial charge in [0.2, 0.25) is 0 Å². The molecule has 1 aromatic rings. The molecule has 2 heterocycles. The second-order valence-electron chi connectivity index (χ2n) is 3.89. The van der Waals surface area contributed by atoms with Gasteiger partial charge in [0.1, 0.15) is 0 Å². The van der Waals surface area contributed by atoms with Gasteiger partial charge in [0.15, 0.2) is 0 Å². The molecule has 5 nitrogen and oxygen atoms in total. The van der Waals surface area contributed by atoms with Crippen LogP contribution in [-0.4, -0.2) is 39.0 Å². The summed E-state index contributed by atoms with van der Waals surface area (Å²) in [6.07, 6.45) is 0. The average molecular weight is 349 g/mol. The van der Waals surface area contributed by atoms with E-state index in [0.29, 0.717) is 20.4 Å². The number of thiophene rings is 1. The van der Waals surface area contributed by atoms with Crippen LogP contribution >= 0.6 is 11.3 Å². The third kappa shape index (κ3) is 2.78. The van der Waals surface area contributed by atoms with Crippen molar-refractivity contribution in [2.45, 2.75) is 24.5 Å². The number of carbonyl (C=O) groups is 2. The molecule has 0 atom stereocenters. The van der Waals surface area contributed by atoms with Crippen LogP contribution in [0.3, 0.4) is 0 Å². The molecule has 0 radical (unpaired) electrons. The van der Waals surface area contributed by atoms with Crippen LogP contribution in [0.25, 0.3) is 0 Å². The van der Waals surface area contributed by atoms with E-state index in [0.717, 1.165) is 22.5 Å². The molecule has 2 rings (SSSR count). The second-order valence-corrected chi connectivity index (χ2v) is 7.96. The Labute approximate surface area is 119 Å². The van der Waals surface area contributed by atoms with E-state index in [-0.39, 0.29) is 13.2 Å². The van der Waals surface area contributed by atoms with Gasteiger partial charge in [-0.05, 0) is 0 Å². The monoisotopic (exact) mass is 350 g/mol. The molecule has 0 aromatic carbocycles. The maximum absolute atomic E-state index is 11.9. The molecule has 0 amide bonds. The zero-order chi connectivity index (χ0) is 14.0. The van der Waals surface area contributed by atoms with E-state index in [1.54, 1.807) is 13.8 Å². The van der Waals surface area contributed by atoms with Gasteiger partial charge in [0, 0.05) is 0 Å². The van der Waals surface area contributed by atoms with Gasteiger partial charge < -0.3 is 0 Å².